The number of fused-ring (bicyclic) bond motifs is 1. The first-order valence-electron chi connectivity index (χ1n) is 9.14. The SMILES string of the molecule is C[C@H]1[C@@H]2CCC[C@]2(N2CCOCC2)C(=O)[C@@]1(c1ccccc1)[N+](=O)[O-]. The summed E-state index contributed by atoms with van der Waals surface area (Å²) >= 11 is 0. The number of hydrogen-bond donors (Lipinski definition) is 0. The minimum atomic E-state index is -1.63. The van der Waals surface area contributed by atoms with E-state index in [1.54, 1.807) is 24.3 Å². The highest BCUT2D eigenvalue weighted by Crippen LogP contribution is 2.59. The lowest BCUT2D eigenvalue weighted by Crippen LogP contribution is -2.60. The van der Waals surface area contributed by atoms with E-state index in [1.165, 1.54) is 0 Å². The van der Waals surface area contributed by atoms with Gasteiger partial charge in [0.05, 0.1) is 18.8 Å². The van der Waals surface area contributed by atoms with Gasteiger partial charge in [-0.1, -0.05) is 43.7 Å². The standard InChI is InChI=1S/C19H24N2O4/c1-14-16-8-5-9-18(16,20-10-12-25-13-11-20)17(22)19(14,21(23)24)15-6-3-2-4-7-15/h2-4,6-7,14,16H,5,8-13H2,1H3/t14-,16-,18+,19+/m0/s1. The molecule has 1 heterocycles. The molecule has 0 aromatic heterocycles. The summed E-state index contributed by atoms with van der Waals surface area (Å²) in [5, 5.41) is 12.3. The molecule has 6 heteroatoms. The zero-order chi connectivity index (χ0) is 17.7. The summed E-state index contributed by atoms with van der Waals surface area (Å²) in [7, 11) is 0. The fourth-order valence-electron chi connectivity index (χ4n) is 5.73. The number of morpholine rings is 1. The number of nitro groups is 1. The number of ketones is 1. The summed E-state index contributed by atoms with van der Waals surface area (Å²) in [5.41, 5.74) is -1.81. The lowest BCUT2D eigenvalue weighted by molar-refractivity contribution is -0.569. The first kappa shape index (κ1) is 16.7. The van der Waals surface area contributed by atoms with Crippen molar-refractivity contribution in [3.8, 4) is 0 Å². The highest BCUT2D eigenvalue weighted by atomic mass is 16.6. The first-order chi connectivity index (χ1) is 12.1. The van der Waals surface area contributed by atoms with Gasteiger partial charge in [-0.2, -0.15) is 0 Å². The zero-order valence-electron chi connectivity index (χ0n) is 14.5. The van der Waals surface area contributed by atoms with Crippen molar-refractivity contribution in [2.24, 2.45) is 11.8 Å². The number of ether oxygens (including phenoxy) is 1. The molecule has 0 amide bonds. The lowest BCUT2D eigenvalue weighted by Gasteiger charge is -2.42. The molecule has 0 N–H and O–H groups in total. The van der Waals surface area contributed by atoms with Crippen LogP contribution in [-0.4, -0.2) is 47.4 Å². The van der Waals surface area contributed by atoms with Crippen LogP contribution in [0.1, 0.15) is 31.7 Å². The second kappa shape index (κ2) is 5.88. The Balaban J connectivity index is 1.88. The average molecular weight is 344 g/mol. The molecule has 4 rings (SSSR count). The molecule has 25 heavy (non-hydrogen) atoms. The predicted octanol–water partition coefficient (Wildman–Crippen LogP) is 2.25. The summed E-state index contributed by atoms with van der Waals surface area (Å²) in [6, 6.07) is 8.89. The Morgan fingerprint density at radius 2 is 1.92 bits per heavy atom. The van der Waals surface area contributed by atoms with Crippen molar-refractivity contribution in [2.75, 3.05) is 26.3 Å². The number of nitrogens with zero attached hydrogens (tertiary/aromatic N) is 2. The second-order valence-electron chi connectivity index (χ2n) is 7.53. The normalized spacial score (nSPS) is 38.7. The van der Waals surface area contributed by atoms with Gasteiger partial charge in [0.25, 0.3) is 0 Å². The van der Waals surface area contributed by atoms with Crippen molar-refractivity contribution in [1.82, 2.24) is 4.90 Å². The number of carbonyl (C=O) groups excluding carboxylic acids is 1. The van der Waals surface area contributed by atoms with E-state index in [-0.39, 0.29) is 22.5 Å². The Labute approximate surface area is 147 Å². The van der Waals surface area contributed by atoms with Gasteiger partial charge in [0.15, 0.2) is 0 Å². The Hall–Kier alpha value is -1.79. The molecule has 0 unspecified atom stereocenters. The number of carbonyl (C=O) groups is 1. The van der Waals surface area contributed by atoms with Gasteiger partial charge >= 0.3 is 5.54 Å². The molecule has 2 aliphatic carbocycles. The van der Waals surface area contributed by atoms with Gasteiger partial charge in [-0.3, -0.25) is 19.8 Å². The van der Waals surface area contributed by atoms with Crippen LogP contribution in [0.5, 0.6) is 0 Å². The van der Waals surface area contributed by atoms with Gasteiger partial charge in [-0.25, -0.2) is 0 Å². The number of benzene rings is 1. The van der Waals surface area contributed by atoms with Gasteiger partial charge in [0, 0.05) is 29.5 Å². The monoisotopic (exact) mass is 344 g/mol. The molecular formula is C19H24N2O4. The fraction of sp³-hybridized carbons (Fsp3) is 0.632. The molecule has 0 radical (unpaired) electrons. The minimum absolute atomic E-state index is 0.0312. The van der Waals surface area contributed by atoms with Gasteiger partial charge in [0.1, 0.15) is 0 Å². The lowest BCUT2D eigenvalue weighted by atomic mass is 9.78. The van der Waals surface area contributed by atoms with E-state index >= 15 is 0 Å². The Morgan fingerprint density at radius 3 is 2.56 bits per heavy atom. The quantitative estimate of drug-likeness (QED) is 0.621. The molecule has 1 saturated heterocycles. The molecule has 1 aromatic rings. The average Bonchev–Trinajstić information content (AvgIpc) is 3.15. The molecule has 1 aromatic carbocycles. The highest BCUT2D eigenvalue weighted by Gasteiger charge is 2.76. The van der Waals surface area contributed by atoms with Crippen molar-refractivity contribution < 1.29 is 14.5 Å². The van der Waals surface area contributed by atoms with Gasteiger partial charge in [-0.05, 0) is 18.8 Å². The van der Waals surface area contributed by atoms with E-state index in [2.05, 4.69) is 4.90 Å². The molecule has 6 nitrogen and oxygen atoms in total. The van der Waals surface area contributed by atoms with Crippen LogP contribution >= 0.6 is 0 Å². The van der Waals surface area contributed by atoms with Crippen LogP contribution in [0.3, 0.4) is 0 Å². The topological polar surface area (TPSA) is 72.7 Å². The van der Waals surface area contributed by atoms with Crippen molar-refractivity contribution in [2.45, 2.75) is 37.3 Å². The molecule has 4 atom stereocenters. The van der Waals surface area contributed by atoms with Crippen LogP contribution in [0.15, 0.2) is 30.3 Å². The largest absolute Gasteiger partial charge is 0.379 e. The van der Waals surface area contributed by atoms with Crippen molar-refractivity contribution in [1.29, 1.82) is 0 Å². The number of hydrogen-bond acceptors (Lipinski definition) is 5. The molecule has 0 spiro atoms. The summed E-state index contributed by atoms with van der Waals surface area (Å²) in [6.07, 6.45) is 2.57. The van der Waals surface area contributed by atoms with E-state index in [1.807, 2.05) is 13.0 Å². The van der Waals surface area contributed by atoms with Crippen LogP contribution in [0.2, 0.25) is 0 Å². The molecule has 134 valence electrons. The van der Waals surface area contributed by atoms with Crippen LogP contribution in [-0.2, 0) is 15.1 Å². The summed E-state index contributed by atoms with van der Waals surface area (Å²) in [4.78, 5) is 28.1. The minimum Gasteiger partial charge on any atom is -0.379 e. The van der Waals surface area contributed by atoms with E-state index in [0.717, 1.165) is 19.3 Å². The van der Waals surface area contributed by atoms with Crippen molar-refractivity contribution >= 4 is 5.78 Å². The van der Waals surface area contributed by atoms with Crippen LogP contribution in [0, 0.1) is 22.0 Å². The van der Waals surface area contributed by atoms with Crippen LogP contribution in [0.4, 0.5) is 0 Å². The fourth-order valence-corrected chi connectivity index (χ4v) is 5.73. The predicted molar refractivity (Wildman–Crippen MR) is 91.7 cm³/mol. The number of Topliss-reactive ketones (excluding diaryl/α,β-unsaturated/α-hetero) is 1. The van der Waals surface area contributed by atoms with Gasteiger partial charge in [-0.15, -0.1) is 0 Å². The van der Waals surface area contributed by atoms with Crippen LogP contribution in [0.25, 0.3) is 0 Å². The van der Waals surface area contributed by atoms with E-state index < -0.39 is 11.1 Å². The molecular weight excluding hydrogens is 320 g/mol. The maximum atomic E-state index is 13.9. The first-order valence-corrected chi connectivity index (χ1v) is 9.14. The maximum Gasteiger partial charge on any atom is 0.308 e. The maximum absolute atomic E-state index is 13.9. The summed E-state index contributed by atoms with van der Waals surface area (Å²) < 4.78 is 5.46. The molecule has 1 aliphatic heterocycles. The molecule has 3 fully saturated rings. The molecule has 3 aliphatic rings. The zero-order valence-corrected chi connectivity index (χ0v) is 14.5. The summed E-state index contributed by atoms with van der Waals surface area (Å²) in [5.74, 6) is -0.487. The van der Waals surface area contributed by atoms with Gasteiger partial charge in [0.2, 0.25) is 5.78 Å². The Kier molecular flexibility index (Phi) is 3.92. The van der Waals surface area contributed by atoms with E-state index in [4.69, 9.17) is 4.74 Å². The van der Waals surface area contributed by atoms with Crippen molar-refractivity contribution in [3.63, 3.8) is 0 Å². The van der Waals surface area contributed by atoms with Gasteiger partial charge < -0.3 is 4.74 Å². The third kappa shape index (κ3) is 2.01. The van der Waals surface area contributed by atoms with Crippen molar-refractivity contribution in [3.05, 3.63) is 46.0 Å². The molecule has 2 saturated carbocycles. The third-order valence-electron chi connectivity index (χ3n) is 6.77. The van der Waals surface area contributed by atoms with E-state index in [9.17, 15) is 14.9 Å². The highest BCUT2D eigenvalue weighted by molar-refractivity contribution is 6.00. The Morgan fingerprint density at radius 1 is 1.24 bits per heavy atom. The second-order valence-corrected chi connectivity index (χ2v) is 7.53. The smallest absolute Gasteiger partial charge is 0.308 e. The number of rotatable bonds is 3. The van der Waals surface area contributed by atoms with Crippen LogP contribution < -0.4 is 0 Å². The Bertz CT molecular complexity index is 688. The molecule has 0 bridgehead atoms. The van der Waals surface area contributed by atoms with E-state index in [0.29, 0.717) is 31.9 Å². The third-order valence-corrected chi connectivity index (χ3v) is 6.77. The summed E-state index contributed by atoms with van der Waals surface area (Å²) in [6.45, 7) is 4.45.